The number of nitrogens with zero attached hydrogens (tertiary/aromatic N) is 3. The van der Waals surface area contributed by atoms with Gasteiger partial charge in [-0.05, 0) is 43.7 Å². The van der Waals surface area contributed by atoms with Crippen LogP contribution in [0.5, 0.6) is 0 Å². The van der Waals surface area contributed by atoms with Crippen LogP contribution in [-0.4, -0.2) is 40.6 Å². The Balaban J connectivity index is 1.71. The van der Waals surface area contributed by atoms with Gasteiger partial charge in [0.2, 0.25) is 17.7 Å². The van der Waals surface area contributed by atoms with Crippen LogP contribution in [0.2, 0.25) is 5.02 Å². The first-order valence-corrected chi connectivity index (χ1v) is 7.59. The molecule has 22 heavy (non-hydrogen) atoms. The van der Waals surface area contributed by atoms with E-state index in [1.807, 2.05) is 12.1 Å². The molecule has 1 aromatic heterocycles. The fraction of sp³-hybridized carbons (Fsp3) is 0.400. The first-order chi connectivity index (χ1) is 10.7. The lowest BCUT2D eigenvalue weighted by Gasteiger charge is -2.20. The Bertz CT molecular complexity index is 656. The van der Waals surface area contributed by atoms with Crippen LogP contribution in [0.3, 0.4) is 0 Å². The number of halogens is 1. The number of carbonyl (C=O) groups is 1. The Kier molecular flexibility index (Phi) is 4.40. The predicted molar refractivity (Wildman–Crippen MR) is 82.2 cm³/mol. The molecule has 0 aliphatic carbocycles. The van der Waals surface area contributed by atoms with Crippen LogP contribution >= 0.6 is 11.6 Å². The second-order valence-corrected chi connectivity index (χ2v) is 5.69. The van der Waals surface area contributed by atoms with Crippen molar-refractivity contribution in [3.05, 3.63) is 35.2 Å². The summed E-state index contributed by atoms with van der Waals surface area (Å²) in [6.45, 7) is 1.34. The van der Waals surface area contributed by atoms with Gasteiger partial charge in [-0.25, -0.2) is 0 Å². The average Bonchev–Trinajstić information content (AvgIpc) is 3.17. The van der Waals surface area contributed by atoms with Crippen LogP contribution in [0, 0.1) is 0 Å². The van der Waals surface area contributed by atoms with Gasteiger partial charge in [0.1, 0.15) is 0 Å². The SMILES string of the molecule is CNC(=O)[C@H]1CCCN1Cc1nnc(-c2ccc(Cl)cc2)o1. The third kappa shape index (κ3) is 3.13. The fourth-order valence-electron chi connectivity index (χ4n) is 2.68. The van der Waals surface area contributed by atoms with Crippen molar-refractivity contribution in [2.24, 2.45) is 0 Å². The first kappa shape index (κ1) is 15.0. The van der Waals surface area contributed by atoms with E-state index in [4.69, 9.17) is 16.0 Å². The Labute approximate surface area is 133 Å². The first-order valence-electron chi connectivity index (χ1n) is 7.21. The summed E-state index contributed by atoms with van der Waals surface area (Å²) in [5.41, 5.74) is 0.826. The molecule has 2 heterocycles. The molecule has 1 fully saturated rings. The van der Waals surface area contributed by atoms with Gasteiger partial charge >= 0.3 is 0 Å². The highest BCUT2D eigenvalue weighted by Crippen LogP contribution is 2.23. The maximum Gasteiger partial charge on any atom is 0.247 e. The van der Waals surface area contributed by atoms with Crippen LogP contribution < -0.4 is 5.32 Å². The van der Waals surface area contributed by atoms with Gasteiger partial charge in [-0.15, -0.1) is 10.2 Å². The smallest absolute Gasteiger partial charge is 0.247 e. The zero-order valence-electron chi connectivity index (χ0n) is 12.3. The van der Waals surface area contributed by atoms with Crippen molar-refractivity contribution in [3.63, 3.8) is 0 Å². The zero-order valence-corrected chi connectivity index (χ0v) is 13.0. The zero-order chi connectivity index (χ0) is 15.5. The van der Waals surface area contributed by atoms with Gasteiger partial charge in [0.05, 0.1) is 12.6 Å². The molecule has 0 bridgehead atoms. The molecule has 1 N–H and O–H groups in total. The summed E-state index contributed by atoms with van der Waals surface area (Å²) in [4.78, 5) is 13.9. The van der Waals surface area contributed by atoms with E-state index in [2.05, 4.69) is 20.4 Å². The molecule has 3 rings (SSSR count). The molecular weight excluding hydrogens is 304 g/mol. The van der Waals surface area contributed by atoms with Crippen molar-refractivity contribution in [2.75, 3.05) is 13.6 Å². The van der Waals surface area contributed by atoms with E-state index < -0.39 is 0 Å². The summed E-state index contributed by atoms with van der Waals surface area (Å²) in [5.74, 6) is 1.01. The van der Waals surface area contributed by atoms with E-state index >= 15 is 0 Å². The van der Waals surface area contributed by atoms with Crippen molar-refractivity contribution >= 4 is 17.5 Å². The molecule has 6 nitrogen and oxygen atoms in total. The van der Waals surface area contributed by atoms with Crippen molar-refractivity contribution in [3.8, 4) is 11.5 Å². The number of nitrogens with one attached hydrogen (secondary N) is 1. The molecule has 0 spiro atoms. The van der Waals surface area contributed by atoms with Crippen molar-refractivity contribution in [2.45, 2.75) is 25.4 Å². The lowest BCUT2D eigenvalue weighted by atomic mass is 10.2. The minimum atomic E-state index is -0.115. The fourth-order valence-corrected chi connectivity index (χ4v) is 2.81. The number of carbonyl (C=O) groups excluding carboxylic acids is 1. The molecular formula is C15H17ClN4O2. The monoisotopic (exact) mass is 320 g/mol. The number of benzene rings is 1. The van der Waals surface area contributed by atoms with Crippen molar-refractivity contribution in [1.29, 1.82) is 0 Å². The molecule has 1 aromatic carbocycles. The quantitative estimate of drug-likeness (QED) is 0.934. The molecule has 1 atom stereocenters. The van der Waals surface area contributed by atoms with Crippen LogP contribution in [0.4, 0.5) is 0 Å². The molecule has 0 saturated carbocycles. The number of likely N-dealkylation sites (tertiary alicyclic amines) is 1. The van der Waals surface area contributed by atoms with E-state index in [0.717, 1.165) is 24.9 Å². The highest BCUT2D eigenvalue weighted by Gasteiger charge is 2.31. The largest absolute Gasteiger partial charge is 0.419 e. The minimum Gasteiger partial charge on any atom is -0.419 e. The van der Waals surface area contributed by atoms with Gasteiger partial charge in [-0.3, -0.25) is 9.69 Å². The number of hydrogen-bond acceptors (Lipinski definition) is 5. The molecule has 2 aromatic rings. The van der Waals surface area contributed by atoms with E-state index in [9.17, 15) is 4.79 Å². The second kappa shape index (κ2) is 6.46. The molecule has 1 aliphatic heterocycles. The minimum absolute atomic E-state index is 0.0370. The molecule has 116 valence electrons. The van der Waals surface area contributed by atoms with Crippen molar-refractivity contribution in [1.82, 2.24) is 20.4 Å². The van der Waals surface area contributed by atoms with Gasteiger partial charge in [0.15, 0.2) is 0 Å². The number of likely N-dealkylation sites (N-methyl/N-ethyl adjacent to an activating group) is 1. The number of rotatable bonds is 4. The number of hydrogen-bond donors (Lipinski definition) is 1. The third-order valence-electron chi connectivity index (χ3n) is 3.81. The summed E-state index contributed by atoms with van der Waals surface area (Å²) in [6, 6.07) is 7.12. The normalized spacial score (nSPS) is 18.5. The summed E-state index contributed by atoms with van der Waals surface area (Å²) >= 11 is 5.87. The Morgan fingerprint density at radius 3 is 2.91 bits per heavy atom. The van der Waals surface area contributed by atoms with Crippen LogP contribution in [0.25, 0.3) is 11.5 Å². The van der Waals surface area contributed by atoms with E-state index in [-0.39, 0.29) is 11.9 Å². The maximum absolute atomic E-state index is 11.8. The van der Waals surface area contributed by atoms with Crippen LogP contribution in [0.15, 0.2) is 28.7 Å². The van der Waals surface area contributed by atoms with Crippen LogP contribution in [0.1, 0.15) is 18.7 Å². The summed E-state index contributed by atoms with van der Waals surface area (Å²) in [5, 5.41) is 11.5. The van der Waals surface area contributed by atoms with E-state index in [1.54, 1.807) is 19.2 Å². The topological polar surface area (TPSA) is 71.3 Å². The lowest BCUT2D eigenvalue weighted by Crippen LogP contribution is -2.41. The Morgan fingerprint density at radius 1 is 1.41 bits per heavy atom. The van der Waals surface area contributed by atoms with Gasteiger partial charge in [-0.2, -0.15) is 0 Å². The summed E-state index contributed by atoms with van der Waals surface area (Å²) < 4.78 is 5.69. The third-order valence-corrected chi connectivity index (χ3v) is 4.06. The number of amides is 1. The molecule has 7 heteroatoms. The lowest BCUT2D eigenvalue weighted by molar-refractivity contribution is -0.125. The molecule has 1 saturated heterocycles. The van der Waals surface area contributed by atoms with Crippen molar-refractivity contribution < 1.29 is 9.21 Å². The molecule has 1 amide bonds. The number of aromatic nitrogens is 2. The molecule has 0 radical (unpaired) electrons. The standard InChI is InChI=1S/C15H17ClN4O2/c1-17-14(21)12-3-2-8-20(12)9-13-18-19-15(22-13)10-4-6-11(16)7-5-10/h4-7,12H,2-3,8-9H2,1H3,(H,17,21)/t12-/m1/s1. The van der Waals surface area contributed by atoms with Crippen LogP contribution in [-0.2, 0) is 11.3 Å². The molecule has 0 unspecified atom stereocenters. The maximum atomic E-state index is 11.8. The van der Waals surface area contributed by atoms with Gasteiger partial charge < -0.3 is 9.73 Å². The second-order valence-electron chi connectivity index (χ2n) is 5.25. The Morgan fingerprint density at radius 2 is 2.18 bits per heavy atom. The highest BCUT2D eigenvalue weighted by molar-refractivity contribution is 6.30. The predicted octanol–water partition coefficient (Wildman–Crippen LogP) is 2.10. The molecule has 1 aliphatic rings. The highest BCUT2D eigenvalue weighted by atomic mass is 35.5. The average molecular weight is 321 g/mol. The van der Waals surface area contributed by atoms with Gasteiger partial charge in [0.25, 0.3) is 0 Å². The van der Waals surface area contributed by atoms with E-state index in [0.29, 0.717) is 23.3 Å². The van der Waals surface area contributed by atoms with Gasteiger partial charge in [-0.1, -0.05) is 11.6 Å². The summed E-state index contributed by atoms with van der Waals surface area (Å²) in [7, 11) is 1.66. The summed E-state index contributed by atoms with van der Waals surface area (Å²) in [6.07, 6.45) is 1.86. The van der Waals surface area contributed by atoms with E-state index in [1.165, 1.54) is 0 Å². The van der Waals surface area contributed by atoms with Gasteiger partial charge in [0, 0.05) is 17.6 Å². The Hall–Kier alpha value is -1.92.